The van der Waals surface area contributed by atoms with Gasteiger partial charge in [-0.05, 0) is 39.4 Å². The van der Waals surface area contributed by atoms with Crippen molar-refractivity contribution in [2.24, 2.45) is 5.73 Å². The molecule has 0 aromatic carbocycles. The van der Waals surface area contributed by atoms with Crippen molar-refractivity contribution in [3.63, 3.8) is 0 Å². The van der Waals surface area contributed by atoms with Gasteiger partial charge in [-0.1, -0.05) is 19.8 Å². The average Bonchev–Trinajstić information content (AvgIpc) is 2.42. The Morgan fingerprint density at radius 1 is 1.47 bits per heavy atom. The maximum atomic E-state index is 12.4. The highest BCUT2D eigenvalue weighted by molar-refractivity contribution is 5.82. The molecule has 1 saturated heterocycles. The fourth-order valence-electron chi connectivity index (χ4n) is 2.65. The number of unbranched alkanes of at least 4 members (excludes halogenated alkanes) is 1. The van der Waals surface area contributed by atoms with Gasteiger partial charge in [-0.2, -0.15) is 0 Å². The molecule has 1 heterocycles. The van der Waals surface area contributed by atoms with Crippen molar-refractivity contribution >= 4 is 5.91 Å². The zero-order chi connectivity index (χ0) is 14.3. The average molecular weight is 271 g/mol. The number of hydrogen-bond donors (Lipinski definition) is 2. The van der Waals surface area contributed by atoms with Crippen LogP contribution in [0.15, 0.2) is 0 Å². The van der Waals surface area contributed by atoms with Gasteiger partial charge in [0.1, 0.15) is 0 Å². The minimum Gasteiger partial charge on any atom is -0.395 e. The van der Waals surface area contributed by atoms with E-state index >= 15 is 0 Å². The van der Waals surface area contributed by atoms with E-state index in [4.69, 9.17) is 5.73 Å². The van der Waals surface area contributed by atoms with Gasteiger partial charge in [0, 0.05) is 12.6 Å². The van der Waals surface area contributed by atoms with Crippen LogP contribution in [0.25, 0.3) is 0 Å². The molecule has 0 aliphatic carbocycles. The molecule has 0 saturated carbocycles. The first-order valence-corrected chi connectivity index (χ1v) is 7.45. The number of aliphatic hydroxyl groups is 1. The Morgan fingerprint density at radius 2 is 2.11 bits per heavy atom. The second-order valence-electron chi connectivity index (χ2n) is 5.54. The van der Waals surface area contributed by atoms with E-state index in [2.05, 4.69) is 18.9 Å². The fourth-order valence-corrected chi connectivity index (χ4v) is 2.65. The van der Waals surface area contributed by atoms with E-state index in [1.54, 1.807) is 0 Å². The lowest BCUT2D eigenvalue weighted by atomic mass is 10.0. The van der Waals surface area contributed by atoms with Crippen LogP contribution in [-0.2, 0) is 4.79 Å². The third-order valence-electron chi connectivity index (χ3n) is 3.94. The van der Waals surface area contributed by atoms with Gasteiger partial charge in [0.15, 0.2) is 0 Å². The molecule has 1 rings (SSSR count). The topological polar surface area (TPSA) is 69.8 Å². The summed E-state index contributed by atoms with van der Waals surface area (Å²) in [5.74, 6) is 0.0112. The summed E-state index contributed by atoms with van der Waals surface area (Å²) < 4.78 is 0. The van der Waals surface area contributed by atoms with Crippen LogP contribution in [0.3, 0.4) is 0 Å². The van der Waals surface area contributed by atoms with E-state index in [1.807, 2.05) is 4.90 Å². The van der Waals surface area contributed by atoms with Crippen molar-refractivity contribution in [1.29, 1.82) is 0 Å². The van der Waals surface area contributed by atoms with Gasteiger partial charge in [-0.25, -0.2) is 0 Å². The van der Waals surface area contributed by atoms with E-state index in [1.165, 1.54) is 0 Å². The quantitative estimate of drug-likeness (QED) is 0.704. The number of rotatable bonds is 7. The van der Waals surface area contributed by atoms with E-state index in [0.717, 1.165) is 45.2 Å². The smallest absolute Gasteiger partial charge is 0.239 e. The Kier molecular flexibility index (Phi) is 7.34. The Bertz CT molecular complexity index is 265. The van der Waals surface area contributed by atoms with Crippen molar-refractivity contribution in [1.82, 2.24) is 9.80 Å². The summed E-state index contributed by atoms with van der Waals surface area (Å²) in [7, 11) is 2.10. The van der Waals surface area contributed by atoms with Crippen molar-refractivity contribution in [2.75, 3.05) is 33.3 Å². The molecule has 1 fully saturated rings. The minimum atomic E-state index is -0.411. The van der Waals surface area contributed by atoms with Gasteiger partial charge in [-0.3, -0.25) is 4.79 Å². The second-order valence-corrected chi connectivity index (χ2v) is 5.54. The van der Waals surface area contributed by atoms with Gasteiger partial charge in [0.05, 0.1) is 12.6 Å². The predicted octanol–water partition coefficient (Wildman–Crippen LogP) is 0.419. The summed E-state index contributed by atoms with van der Waals surface area (Å²) in [6, 6.07) is -0.172. The summed E-state index contributed by atoms with van der Waals surface area (Å²) in [5.41, 5.74) is 5.99. The molecule has 19 heavy (non-hydrogen) atoms. The van der Waals surface area contributed by atoms with Gasteiger partial charge in [0.25, 0.3) is 0 Å². The molecule has 0 radical (unpaired) electrons. The SMILES string of the molecule is CCCCC(N)C(=O)N(CCO)C1CCN(C)CC1. The van der Waals surface area contributed by atoms with Crippen molar-refractivity contribution in [3.8, 4) is 0 Å². The molecule has 1 amide bonds. The van der Waals surface area contributed by atoms with Crippen LogP contribution in [-0.4, -0.2) is 66.2 Å². The van der Waals surface area contributed by atoms with Gasteiger partial charge in [0.2, 0.25) is 5.91 Å². The molecule has 0 aromatic heterocycles. The van der Waals surface area contributed by atoms with Crippen LogP contribution in [0, 0.1) is 0 Å². The molecule has 1 aliphatic heterocycles. The second kappa shape index (κ2) is 8.51. The number of hydrogen-bond acceptors (Lipinski definition) is 4. The molecule has 5 heteroatoms. The number of aliphatic hydroxyl groups excluding tert-OH is 1. The predicted molar refractivity (Wildman–Crippen MR) is 76.8 cm³/mol. The highest BCUT2D eigenvalue weighted by atomic mass is 16.3. The Labute approximate surface area is 116 Å². The molecule has 0 bridgehead atoms. The normalized spacial score (nSPS) is 19.4. The van der Waals surface area contributed by atoms with Crippen LogP contribution < -0.4 is 5.73 Å². The largest absolute Gasteiger partial charge is 0.395 e. The van der Waals surface area contributed by atoms with Crippen LogP contribution in [0.1, 0.15) is 39.0 Å². The van der Waals surface area contributed by atoms with Gasteiger partial charge in [-0.15, -0.1) is 0 Å². The van der Waals surface area contributed by atoms with Crippen molar-refractivity contribution in [2.45, 2.75) is 51.1 Å². The summed E-state index contributed by atoms with van der Waals surface area (Å²) in [6.45, 7) is 4.53. The lowest BCUT2D eigenvalue weighted by Crippen LogP contribution is -2.52. The lowest BCUT2D eigenvalue weighted by molar-refractivity contribution is -0.136. The highest BCUT2D eigenvalue weighted by Gasteiger charge is 2.29. The molecule has 1 aliphatic rings. The number of piperidine rings is 1. The van der Waals surface area contributed by atoms with Crippen LogP contribution in [0.2, 0.25) is 0 Å². The maximum absolute atomic E-state index is 12.4. The zero-order valence-corrected chi connectivity index (χ0v) is 12.3. The zero-order valence-electron chi connectivity index (χ0n) is 12.3. The molecule has 3 N–H and O–H groups in total. The summed E-state index contributed by atoms with van der Waals surface area (Å²) >= 11 is 0. The number of carbonyl (C=O) groups excluding carboxylic acids is 1. The minimum absolute atomic E-state index is 0.0112. The molecule has 112 valence electrons. The van der Waals surface area contributed by atoms with E-state index in [0.29, 0.717) is 6.54 Å². The molecule has 1 atom stereocenters. The molecule has 0 aromatic rings. The van der Waals surface area contributed by atoms with Gasteiger partial charge < -0.3 is 20.6 Å². The first-order chi connectivity index (χ1) is 9.10. The standard InChI is InChI=1S/C14H29N3O2/c1-3-4-5-13(15)14(19)17(10-11-18)12-6-8-16(2)9-7-12/h12-13,18H,3-11,15H2,1-2H3. The van der Waals surface area contributed by atoms with Crippen LogP contribution >= 0.6 is 0 Å². The van der Waals surface area contributed by atoms with Crippen LogP contribution in [0.4, 0.5) is 0 Å². The molecule has 5 nitrogen and oxygen atoms in total. The molecule has 1 unspecified atom stereocenters. The monoisotopic (exact) mass is 271 g/mol. The van der Waals surface area contributed by atoms with E-state index < -0.39 is 6.04 Å². The fraction of sp³-hybridized carbons (Fsp3) is 0.929. The molecular formula is C14H29N3O2. The number of carbonyl (C=O) groups is 1. The third-order valence-corrected chi connectivity index (χ3v) is 3.94. The summed E-state index contributed by atoms with van der Waals surface area (Å²) in [5, 5.41) is 9.18. The van der Waals surface area contributed by atoms with Crippen LogP contribution in [0.5, 0.6) is 0 Å². The summed E-state index contributed by atoms with van der Waals surface area (Å²) in [4.78, 5) is 16.5. The number of nitrogens with two attached hydrogens (primary N) is 1. The first-order valence-electron chi connectivity index (χ1n) is 7.45. The third kappa shape index (κ3) is 5.09. The Hall–Kier alpha value is -0.650. The van der Waals surface area contributed by atoms with Crippen molar-refractivity contribution in [3.05, 3.63) is 0 Å². The summed E-state index contributed by atoms with van der Waals surface area (Å²) in [6.07, 6.45) is 4.72. The van der Waals surface area contributed by atoms with Crippen molar-refractivity contribution < 1.29 is 9.90 Å². The number of nitrogens with zero attached hydrogens (tertiary/aromatic N) is 2. The van der Waals surface area contributed by atoms with Gasteiger partial charge >= 0.3 is 0 Å². The Balaban J connectivity index is 2.57. The Morgan fingerprint density at radius 3 is 2.63 bits per heavy atom. The molecule has 0 spiro atoms. The number of likely N-dealkylation sites (tertiary alicyclic amines) is 1. The number of amides is 1. The molecular weight excluding hydrogens is 242 g/mol. The first kappa shape index (κ1) is 16.4. The maximum Gasteiger partial charge on any atom is 0.239 e. The van der Waals surface area contributed by atoms with E-state index in [-0.39, 0.29) is 18.6 Å². The highest BCUT2D eigenvalue weighted by Crippen LogP contribution is 2.17. The lowest BCUT2D eigenvalue weighted by Gasteiger charge is -2.38. The van der Waals surface area contributed by atoms with E-state index in [9.17, 15) is 9.90 Å².